The average Bonchev–Trinajstić information content (AvgIpc) is 3.78. The van der Waals surface area contributed by atoms with E-state index in [0.29, 0.717) is 43.2 Å². The molecule has 2 aliphatic rings. The normalized spacial score (nSPS) is 20.3. The zero-order valence-electron chi connectivity index (χ0n) is 24.8. The summed E-state index contributed by atoms with van der Waals surface area (Å²) < 4.78 is 15.9. The van der Waals surface area contributed by atoms with Crippen molar-refractivity contribution in [3.8, 4) is 5.75 Å². The summed E-state index contributed by atoms with van der Waals surface area (Å²) in [4.78, 5) is 55.1. The summed E-state index contributed by atoms with van der Waals surface area (Å²) in [5.74, 6) is -1.15. The number of aliphatic hydroxyl groups excluding tert-OH is 1. The highest BCUT2D eigenvalue weighted by Crippen LogP contribution is 2.33. The topological polar surface area (TPSA) is 159 Å². The fourth-order valence-electron chi connectivity index (χ4n) is 4.79. The maximum atomic E-state index is 13.8. The van der Waals surface area contributed by atoms with E-state index in [2.05, 4.69) is 16.0 Å². The van der Waals surface area contributed by atoms with E-state index in [1.54, 1.807) is 69.5 Å². The molecule has 2 fully saturated rings. The van der Waals surface area contributed by atoms with Gasteiger partial charge in [0.05, 0.1) is 40.1 Å². The number of amides is 3. The number of Topliss-reactive ketones (excluding diaryl/α,β-unsaturated/α-hetero) is 1. The van der Waals surface area contributed by atoms with Crippen LogP contribution in [0.1, 0.15) is 36.6 Å². The van der Waals surface area contributed by atoms with E-state index in [1.165, 1.54) is 0 Å². The van der Waals surface area contributed by atoms with Gasteiger partial charge in [0.1, 0.15) is 29.5 Å². The van der Waals surface area contributed by atoms with E-state index in [0.717, 1.165) is 5.56 Å². The van der Waals surface area contributed by atoms with Crippen LogP contribution >= 0.6 is 0 Å². The molecule has 2 heterocycles. The van der Waals surface area contributed by atoms with Crippen molar-refractivity contribution in [1.82, 2.24) is 20.9 Å². The van der Waals surface area contributed by atoms with Gasteiger partial charge >= 0.3 is 0 Å². The monoisotopic (exact) mass is 596 g/mol. The summed E-state index contributed by atoms with van der Waals surface area (Å²) in [6.07, 6.45) is 0.112. The summed E-state index contributed by atoms with van der Waals surface area (Å²) in [6.45, 7) is 5.68. The van der Waals surface area contributed by atoms with E-state index in [9.17, 15) is 24.3 Å². The smallest absolute Gasteiger partial charge is 0.243 e. The minimum atomic E-state index is -1.08. The lowest BCUT2D eigenvalue weighted by atomic mass is 9.93. The van der Waals surface area contributed by atoms with E-state index in [1.807, 2.05) is 4.90 Å². The third-order valence-electron chi connectivity index (χ3n) is 7.59. The van der Waals surface area contributed by atoms with Crippen molar-refractivity contribution in [2.24, 2.45) is 0 Å². The number of ether oxygens (including phenoxy) is 3. The van der Waals surface area contributed by atoms with Crippen molar-refractivity contribution < 1.29 is 38.5 Å². The third-order valence-corrected chi connectivity index (χ3v) is 7.59. The van der Waals surface area contributed by atoms with Crippen molar-refractivity contribution in [1.29, 1.82) is 0 Å². The standard InChI is InChI=1S/C31H40N4O8/c1-20(32-26(37)17-35-11-13-42-14-12-35)29(39)33-25(16-21-7-9-24(41-3)10-8-21)30(40)34-27(28(38)31(2)19-43-31)23-6-4-5-22(15-23)18-36/h4-10,15,20,25,27,36H,11-14,16-19H2,1-3H3,(H,32,37)(H,33,39)(H,34,40). The number of hydrogen-bond acceptors (Lipinski definition) is 9. The highest BCUT2D eigenvalue weighted by atomic mass is 16.6. The summed E-state index contributed by atoms with van der Waals surface area (Å²) >= 11 is 0. The molecule has 2 aromatic carbocycles. The number of aliphatic hydroxyl groups is 1. The van der Waals surface area contributed by atoms with Gasteiger partial charge in [-0.25, -0.2) is 0 Å². The first-order valence-electron chi connectivity index (χ1n) is 14.3. The number of epoxide rings is 1. The van der Waals surface area contributed by atoms with Crippen molar-refractivity contribution >= 4 is 23.5 Å². The maximum absolute atomic E-state index is 13.8. The Balaban J connectivity index is 1.51. The molecular formula is C31H40N4O8. The van der Waals surface area contributed by atoms with Gasteiger partial charge in [-0.15, -0.1) is 0 Å². The molecular weight excluding hydrogens is 556 g/mol. The van der Waals surface area contributed by atoms with Crippen molar-refractivity contribution in [2.45, 2.75) is 50.6 Å². The average molecular weight is 597 g/mol. The second-order valence-electron chi connectivity index (χ2n) is 11.0. The molecule has 3 amide bonds. The van der Waals surface area contributed by atoms with Gasteiger partial charge in [-0.1, -0.05) is 36.4 Å². The highest BCUT2D eigenvalue weighted by molar-refractivity contribution is 5.99. The van der Waals surface area contributed by atoms with Crippen LogP contribution in [0.25, 0.3) is 0 Å². The fourth-order valence-corrected chi connectivity index (χ4v) is 4.79. The van der Waals surface area contributed by atoms with Crippen LogP contribution in [-0.4, -0.2) is 97.8 Å². The van der Waals surface area contributed by atoms with Gasteiger partial charge in [-0.2, -0.15) is 0 Å². The second kappa shape index (κ2) is 14.6. The molecule has 0 bridgehead atoms. The molecule has 12 heteroatoms. The Bertz CT molecular complexity index is 1290. The van der Waals surface area contributed by atoms with Crippen molar-refractivity contribution in [2.75, 3.05) is 46.6 Å². The van der Waals surface area contributed by atoms with E-state index < -0.39 is 35.5 Å². The molecule has 4 unspecified atom stereocenters. The Morgan fingerprint density at radius 2 is 1.70 bits per heavy atom. The second-order valence-corrected chi connectivity index (χ2v) is 11.0. The number of nitrogens with zero attached hydrogens (tertiary/aromatic N) is 1. The first kappa shape index (κ1) is 32.1. The Kier molecular flexibility index (Phi) is 10.9. The quantitative estimate of drug-likeness (QED) is 0.225. The lowest BCUT2D eigenvalue weighted by molar-refractivity contribution is -0.134. The molecule has 12 nitrogen and oxygen atoms in total. The van der Waals surface area contributed by atoms with E-state index >= 15 is 0 Å². The Hall–Kier alpha value is -3.84. The van der Waals surface area contributed by atoms with Crippen molar-refractivity contribution in [3.05, 3.63) is 65.2 Å². The van der Waals surface area contributed by atoms with Crippen LogP contribution in [0.15, 0.2) is 48.5 Å². The molecule has 2 saturated heterocycles. The van der Waals surface area contributed by atoms with E-state index in [4.69, 9.17) is 14.2 Å². The number of nitrogens with one attached hydrogen (secondary N) is 3. The number of morpholine rings is 1. The molecule has 43 heavy (non-hydrogen) atoms. The molecule has 2 aliphatic heterocycles. The number of benzene rings is 2. The van der Waals surface area contributed by atoms with Gasteiger partial charge in [-0.05, 0) is 42.7 Å². The third kappa shape index (κ3) is 8.83. The number of carbonyl (C=O) groups excluding carboxylic acids is 4. The molecule has 4 N–H and O–H groups in total. The molecule has 0 spiro atoms. The SMILES string of the molecule is COc1ccc(CC(NC(=O)C(C)NC(=O)CN2CCOCC2)C(=O)NC(C(=O)C2(C)CO2)c2cccc(CO)c2)cc1. The fraction of sp³-hybridized carbons (Fsp3) is 0.484. The van der Waals surface area contributed by atoms with Gasteiger partial charge in [0, 0.05) is 19.5 Å². The number of ketones is 1. The van der Waals surface area contributed by atoms with Crippen LogP contribution in [0.2, 0.25) is 0 Å². The number of carbonyl (C=O) groups is 4. The maximum Gasteiger partial charge on any atom is 0.243 e. The molecule has 0 aliphatic carbocycles. The van der Waals surface area contributed by atoms with E-state index in [-0.39, 0.29) is 37.9 Å². The summed E-state index contributed by atoms with van der Waals surface area (Å²) in [5.41, 5.74) is 0.769. The largest absolute Gasteiger partial charge is 0.497 e. The molecule has 0 radical (unpaired) electrons. The van der Waals surface area contributed by atoms with Crippen molar-refractivity contribution in [3.63, 3.8) is 0 Å². The minimum absolute atomic E-state index is 0.112. The lowest BCUT2D eigenvalue weighted by Crippen LogP contribution is -2.55. The highest BCUT2D eigenvalue weighted by Gasteiger charge is 2.50. The van der Waals surface area contributed by atoms with Gasteiger partial charge in [0.2, 0.25) is 17.7 Å². The summed E-state index contributed by atoms with van der Waals surface area (Å²) in [6, 6.07) is 10.7. The van der Waals surface area contributed by atoms with Crippen LogP contribution in [0.4, 0.5) is 0 Å². The zero-order valence-corrected chi connectivity index (χ0v) is 24.8. The molecule has 4 atom stereocenters. The van der Waals surface area contributed by atoms with Crippen LogP contribution in [0, 0.1) is 0 Å². The lowest BCUT2D eigenvalue weighted by Gasteiger charge is -2.27. The Morgan fingerprint density at radius 1 is 1.00 bits per heavy atom. The number of methoxy groups -OCH3 is 1. The van der Waals surface area contributed by atoms with Gasteiger partial charge in [0.25, 0.3) is 0 Å². The number of hydrogen-bond donors (Lipinski definition) is 4. The van der Waals surface area contributed by atoms with Crippen LogP contribution in [0.5, 0.6) is 5.75 Å². The summed E-state index contributed by atoms with van der Waals surface area (Å²) in [5, 5.41) is 17.9. The Morgan fingerprint density at radius 3 is 2.33 bits per heavy atom. The molecule has 0 aromatic heterocycles. The summed E-state index contributed by atoms with van der Waals surface area (Å²) in [7, 11) is 1.55. The number of rotatable bonds is 14. The first-order chi connectivity index (χ1) is 20.6. The van der Waals surface area contributed by atoms with Crippen LogP contribution < -0.4 is 20.7 Å². The molecule has 4 rings (SSSR count). The van der Waals surface area contributed by atoms with Gasteiger partial charge < -0.3 is 35.3 Å². The van der Waals surface area contributed by atoms with Gasteiger partial charge in [0.15, 0.2) is 5.78 Å². The predicted octanol–water partition coefficient (Wildman–Crippen LogP) is 0.267. The van der Waals surface area contributed by atoms with Gasteiger partial charge in [-0.3, -0.25) is 24.1 Å². The van der Waals surface area contributed by atoms with Crippen LogP contribution in [0.3, 0.4) is 0 Å². The Labute approximate surface area is 251 Å². The molecule has 0 saturated carbocycles. The zero-order chi connectivity index (χ0) is 31.0. The molecule has 232 valence electrons. The minimum Gasteiger partial charge on any atom is -0.497 e. The molecule has 2 aromatic rings. The predicted molar refractivity (Wildman–Crippen MR) is 156 cm³/mol. The van der Waals surface area contributed by atoms with Crippen LogP contribution in [-0.2, 0) is 41.7 Å². The first-order valence-corrected chi connectivity index (χ1v) is 14.3.